The summed E-state index contributed by atoms with van der Waals surface area (Å²) in [6.45, 7) is 0. The highest BCUT2D eigenvalue weighted by atomic mass is 28.4. The lowest BCUT2D eigenvalue weighted by Gasteiger charge is -1.91. The van der Waals surface area contributed by atoms with Crippen LogP contribution in [0.4, 0.5) is 0 Å². The summed E-state index contributed by atoms with van der Waals surface area (Å²) in [5.74, 6) is 0. The molecule has 0 fully saturated rings. The molecule has 0 aliphatic heterocycles. The number of aromatic nitrogens is 4. The lowest BCUT2D eigenvalue weighted by molar-refractivity contribution is 0.117. The average molecular weight is 413 g/mol. The zero-order valence-corrected chi connectivity index (χ0v) is 16.6. The van der Waals surface area contributed by atoms with Gasteiger partial charge in [0, 0.05) is 49.6 Å². The number of hydrogen-bond acceptors (Lipinski definition) is 8. The lowest BCUT2D eigenvalue weighted by atomic mass is 10.5. The fraction of sp³-hybridized carbons (Fsp3) is 0. The molecule has 4 aromatic heterocycles. The highest BCUT2D eigenvalue weighted by Gasteiger charge is 2.22. The van der Waals surface area contributed by atoms with Crippen LogP contribution in [0.1, 0.15) is 0 Å². The van der Waals surface area contributed by atoms with Gasteiger partial charge in [0.25, 0.3) is 0 Å². The van der Waals surface area contributed by atoms with E-state index < -0.39 is 9.05 Å². The predicted octanol–water partition coefficient (Wildman–Crippen LogP) is 1.72. The van der Waals surface area contributed by atoms with E-state index in [0.29, 0.717) is 0 Å². The van der Waals surface area contributed by atoms with E-state index in [4.69, 9.17) is 19.2 Å². The standard InChI is InChI=1S/4C5H5N.H4O4Si/c4*1-2-4-6-5-3-1;1-5(2,3)4/h4*1-5H;1-4H. The molecule has 29 heavy (non-hydrogen) atoms. The minimum atomic E-state index is -4.61. The zero-order chi connectivity index (χ0) is 21.5. The molecule has 4 aromatic rings. The van der Waals surface area contributed by atoms with Crippen LogP contribution in [-0.4, -0.2) is 48.2 Å². The van der Waals surface area contributed by atoms with E-state index in [1.807, 2.05) is 72.8 Å². The maximum atomic E-state index is 7.33. The minimum Gasteiger partial charge on any atom is -0.368 e. The van der Waals surface area contributed by atoms with Crippen molar-refractivity contribution in [2.75, 3.05) is 0 Å². The van der Waals surface area contributed by atoms with Crippen molar-refractivity contribution in [2.45, 2.75) is 0 Å². The van der Waals surface area contributed by atoms with Crippen LogP contribution >= 0.6 is 0 Å². The first-order chi connectivity index (χ1) is 14.0. The second-order valence-electron chi connectivity index (χ2n) is 4.70. The molecule has 0 aliphatic carbocycles. The first kappa shape index (κ1) is 25.7. The van der Waals surface area contributed by atoms with Crippen molar-refractivity contribution in [3.05, 3.63) is 122 Å². The van der Waals surface area contributed by atoms with Crippen molar-refractivity contribution in [2.24, 2.45) is 0 Å². The van der Waals surface area contributed by atoms with Gasteiger partial charge in [-0.15, -0.1) is 0 Å². The molecule has 152 valence electrons. The Hall–Kier alpha value is -3.34. The van der Waals surface area contributed by atoms with Crippen molar-refractivity contribution in [1.29, 1.82) is 0 Å². The SMILES string of the molecule is O[Si](O)(O)O.c1ccncc1.c1ccncc1.c1ccncc1.c1ccncc1. The lowest BCUT2D eigenvalue weighted by Crippen LogP contribution is -2.33. The molecule has 0 saturated heterocycles. The number of pyridine rings is 4. The van der Waals surface area contributed by atoms with Gasteiger partial charge in [0.2, 0.25) is 0 Å². The normalized spacial score (nSPS) is 8.69. The van der Waals surface area contributed by atoms with Gasteiger partial charge >= 0.3 is 9.05 Å². The summed E-state index contributed by atoms with van der Waals surface area (Å²) in [5, 5.41) is 0. The third-order valence-electron chi connectivity index (χ3n) is 2.27. The Bertz CT molecular complexity index is 527. The topological polar surface area (TPSA) is 132 Å². The average Bonchev–Trinajstić information content (AvgIpc) is 2.79. The minimum absolute atomic E-state index is 1.75. The highest BCUT2D eigenvalue weighted by Crippen LogP contribution is 1.75. The maximum absolute atomic E-state index is 7.33. The van der Waals surface area contributed by atoms with Crippen LogP contribution in [0.15, 0.2) is 122 Å². The third kappa shape index (κ3) is 29.7. The van der Waals surface area contributed by atoms with Gasteiger partial charge in [-0.25, -0.2) is 0 Å². The molecule has 0 spiro atoms. The smallest absolute Gasteiger partial charge is 0.368 e. The summed E-state index contributed by atoms with van der Waals surface area (Å²) in [4.78, 5) is 44.4. The summed E-state index contributed by atoms with van der Waals surface area (Å²) in [6.07, 6.45) is 14.0. The molecule has 0 amide bonds. The molecule has 0 unspecified atom stereocenters. The molecule has 4 N–H and O–H groups in total. The molecule has 0 radical (unpaired) electrons. The number of rotatable bonds is 0. The monoisotopic (exact) mass is 412 g/mol. The van der Waals surface area contributed by atoms with Crippen molar-refractivity contribution < 1.29 is 19.2 Å². The van der Waals surface area contributed by atoms with E-state index in [2.05, 4.69) is 19.9 Å². The summed E-state index contributed by atoms with van der Waals surface area (Å²) in [5.41, 5.74) is 0. The zero-order valence-electron chi connectivity index (χ0n) is 15.6. The summed E-state index contributed by atoms with van der Waals surface area (Å²) >= 11 is 0. The number of nitrogens with zero attached hydrogens (tertiary/aromatic N) is 4. The fourth-order valence-electron chi connectivity index (χ4n) is 1.25. The van der Waals surface area contributed by atoms with Crippen molar-refractivity contribution in [3.63, 3.8) is 0 Å². The second kappa shape index (κ2) is 19.4. The molecular weight excluding hydrogens is 388 g/mol. The molecule has 0 bridgehead atoms. The van der Waals surface area contributed by atoms with Crippen LogP contribution in [0, 0.1) is 0 Å². The summed E-state index contributed by atoms with van der Waals surface area (Å²) < 4.78 is 0. The molecular formula is C20H24N4O4Si. The quantitative estimate of drug-likeness (QED) is 0.321. The van der Waals surface area contributed by atoms with E-state index in [1.54, 1.807) is 49.6 Å². The Balaban J connectivity index is 0.000000339. The number of hydrogen-bond donors (Lipinski definition) is 4. The Morgan fingerprint density at radius 2 is 0.448 bits per heavy atom. The molecule has 0 atom stereocenters. The molecule has 0 aromatic carbocycles. The Morgan fingerprint density at radius 3 is 0.483 bits per heavy atom. The molecule has 0 saturated carbocycles. The highest BCUT2D eigenvalue weighted by molar-refractivity contribution is 6.46. The molecule has 4 rings (SSSR count). The van der Waals surface area contributed by atoms with Crippen molar-refractivity contribution >= 4 is 9.05 Å². The van der Waals surface area contributed by atoms with E-state index in [0.717, 1.165) is 0 Å². The van der Waals surface area contributed by atoms with Gasteiger partial charge in [0.1, 0.15) is 0 Å². The molecule has 4 heterocycles. The van der Waals surface area contributed by atoms with Gasteiger partial charge in [0.15, 0.2) is 0 Å². The van der Waals surface area contributed by atoms with Crippen LogP contribution in [0.2, 0.25) is 0 Å². The first-order valence-electron chi connectivity index (χ1n) is 8.29. The Labute approximate surface area is 171 Å². The third-order valence-corrected chi connectivity index (χ3v) is 2.27. The van der Waals surface area contributed by atoms with Gasteiger partial charge < -0.3 is 19.2 Å². The van der Waals surface area contributed by atoms with E-state index in [9.17, 15) is 0 Å². The van der Waals surface area contributed by atoms with Crippen LogP contribution in [0.3, 0.4) is 0 Å². The van der Waals surface area contributed by atoms with E-state index >= 15 is 0 Å². The Morgan fingerprint density at radius 1 is 0.310 bits per heavy atom. The van der Waals surface area contributed by atoms with Gasteiger partial charge in [0.05, 0.1) is 0 Å². The summed E-state index contributed by atoms with van der Waals surface area (Å²) in [6, 6.07) is 22.9. The molecule has 9 heteroatoms. The molecule has 0 aliphatic rings. The van der Waals surface area contributed by atoms with Gasteiger partial charge in [-0.1, -0.05) is 24.3 Å². The molecule has 8 nitrogen and oxygen atoms in total. The second-order valence-corrected chi connectivity index (χ2v) is 5.90. The fourth-order valence-corrected chi connectivity index (χ4v) is 1.25. The van der Waals surface area contributed by atoms with Gasteiger partial charge in [-0.2, -0.15) is 0 Å². The van der Waals surface area contributed by atoms with Gasteiger partial charge in [-0.05, 0) is 48.5 Å². The van der Waals surface area contributed by atoms with Crippen LogP contribution in [0.25, 0.3) is 0 Å². The van der Waals surface area contributed by atoms with E-state index in [1.165, 1.54) is 0 Å². The maximum Gasteiger partial charge on any atom is 0.668 e. The Kier molecular flexibility index (Phi) is 17.2. The van der Waals surface area contributed by atoms with Gasteiger partial charge in [-0.3, -0.25) is 19.9 Å². The predicted molar refractivity (Wildman–Crippen MR) is 112 cm³/mol. The van der Waals surface area contributed by atoms with Crippen molar-refractivity contribution in [3.8, 4) is 0 Å². The van der Waals surface area contributed by atoms with Crippen LogP contribution in [0.5, 0.6) is 0 Å². The largest absolute Gasteiger partial charge is 0.668 e. The van der Waals surface area contributed by atoms with Crippen LogP contribution in [-0.2, 0) is 0 Å². The van der Waals surface area contributed by atoms with Crippen molar-refractivity contribution in [1.82, 2.24) is 19.9 Å². The van der Waals surface area contributed by atoms with Crippen LogP contribution < -0.4 is 0 Å². The summed E-state index contributed by atoms with van der Waals surface area (Å²) in [7, 11) is -4.61. The first-order valence-corrected chi connectivity index (χ1v) is 10.1. The van der Waals surface area contributed by atoms with E-state index in [-0.39, 0.29) is 0 Å².